The van der Waals surface area contributed by atoms with E-state index >= 15 is 0 Å². The summed E-state index contributed by atoms with van der Waals surface area (Å²) in [6.07, 6.45) is 1.66. The lowest BCUT2D eigenvalue weighted by Crippen LogP contribution is -2.32. The molecular weight excluding hydrogens is 262 g/mol. The number of fused-ring (bicyclic) bond motifs is 3. The highest BCUT2D eigenvalue weighted by atomic mass is 35.5. The fourth-order valence-electron chi connectivity index (χ4n) is 3.03. The molecule has 1 N–H and O–H groups in total. The van der Waals surface area contributed by atoms with E-state index < -0.39 is 5.41 Å². The molecule has 1 atom stereocenters. The molecular formula is C15H16ClNO2. The first-order valence-electron chi connectivity index (χ1n) is 6.54. The number of halogens is 1. The van der Waals surface area contributed by atoms with Gasteiger partial charge in [0.05, 0.1) is 12.0 Å². The van der Waals surface area contributed by atoms with Crippen molar-refractivity contribution in [3.05, 3.63) is 34.5 Å². The summed E-state index contributed by atoms with van der Waals surface area (Å²) in [5.74, 6) is -0.144. The molecule has 0 saturated heterocycles. The maximum atomic E-state index is 12.3. The fraction of sp³-hybridized carbons (Fsp3) is 0.400. The number of ether oxygens (including phenoxy) is 1. The minimum Gasteiger partial charge on any atom is -0.465 e. The van der Waals surface area contributed by atoms with Gasteiger partial charge in [-0.05, 0) is 50.5 Å². The number of aromatic nitrogens is 1. The van der Waals surface area contributed by atoms with Gasteiger partial charge < -0.3 is 9.72 Å². The van der Waals surface area contributed by atoms with Crippen LogP contribution in [-0.2, 0) is 21.4 Å². The van der Waals surface area contributed by atoms with Gasteiger partial charge in [-0.25, -0.2) is 0 Å². The van der Waals surface area contributed by atoms with Gasteiger partial charge in [-0.3, -0.25) is 4.79 Å². The highest BCUT2D eigenvalue weighted by Crippen LogP contribution is 2.44. The van der Waals surface area contributed by atoms with Gasteiger partial charge in [-0.2, -0.15) is 0 Å². The first-order chi connectivity index (χ1) is 9.06. The predicted octanol–water partition coefficient (Wildman–Crippen LogP) is 3.59. The van der Waals surface area contributed by atoms with Gasteiger partial charge in [0.15, 0.2) is 0 Å². The van der Waals surface area contributed by atoms with E-state index in [9.17, 15) is 4.79 Å². The maximum absolute atomic E-state index is 12.3. The average molecular weight is 278 g/mol. The summed E-state index contributed by atoms with van der Waals surface area (Å²) in [6.45, 7) is 4.21. The van der Waals surface area contributed by atoms with Gasteiger partial charge in [0, 0.05) is 21.6 Å². The average Bonchev–Trinajstić information content (AvgIpc) is 2.89. The van der Waals surface area contributed by atoms with Crippen LogP contribution in [0.4, 0.5) is 0 Å². The first kappa shape index (κ1) is 12.5. The third-order valence-electron chi connectivity index (χ3n) is 3.99. The largest absolute Gasteiger partial charge is 0.465 e. The van der Waals surface area contributed by atoms with Crippen LogP contribution >= 0.6 is 11.6 Å². The van der Waals surface area contributed by atoms with Crippen LogP contribution in [0.3, 0.4) is 0 Å². The van der Waals surface area contributed by atoms with Crippen molar-refractivity contribution in [2.24, 2.45) is 0 Å². The Labute approximate surface area is 116 Å². The van der Waals surface area contributed by atoms with Crippen LogP contribution in [0.1, 0.15) is 31.5 Å². The minimum atomic E-state index is -0.561. The highest BCUT2D eigenvalue weighted by Gasteiger charge is 2.44. The van der Waals surface area contributed by atoms with Crippen LogP contribution in [-0.4, -0.2) is 17.6 Å². The first-order valence-corrected chi connectivity index (χ1v) is 6.92. The second-order valence-corrected chi connectivity index (χ2v) is 5.66. The second-order valence-electron chi connectivity index (χ2n) is 5.22. The zero-order valence-electron chi connectivity index (χ0n) is 11.0. The number of benzene rings is 1. The van der Waals surface area contributed by atoms with E-state index in [0.29, 0.717) is 11.6 Å². The topological polar surface area (TPSA) is 42.1 Å². The van der Waals surface area contributed by atoms with Gasteiger partial charge in [0.1, 0.15) is 0 Å². The number of esters is 1. The summed E-state index contributed by atoms with van der Waals surface area (Å²) in [5, 5.41) is 1.72. The molecule has 0 amide bonds. The summed E-state index contributed by atoms with van der Waals surface area (Å²) in [6, 6.07) is 5.74. The molecule has 0 aliphatic heterocycles. The van der Waals surface area contributed by atoms with Gasteiger partial charge in [-0.15, -0.1) is 0 Å². The molecule has 0 spiro atoms. The molecule has 1 heterocycles. The summed E-state index contributed by atoms with van der Waals surface area (Å²) >= 11 is 6.08. The Morgan fingerprint density at radius 2 is 2.32 bits per heavy atom. The van der Waals surface area contributed by atoms with E-state index in [1.165, 1.54) is 0 Å². The molecule has 3 rings (SSSR count). The van der Waals surface area contributed by atoms with Crippen LogP contribution in [0.5, 0.6) is 0 Å². The van der Waals surface area contributed by atoms with E-state index in [1.807, 2.05) is 32.0 Å². The number of carbonyl (C=O) groups is 1. The fourth-order valence-corrected chi connectivity index (χ4v) is 3.20. The predicted molar refractivity (Wildman–Crippen MR) is 75.6 cm³/mol. The van der Waals surface area contributed by atoms with Crippen LogP contribution in [0.2, 0.25) is 5.02 Å². The molecule has 3 nitrogen and oxygen atoms in total. The molecule has 1 aliphatic carbocycles. The van der Waals surface area contributed by atoms with Crippen LogP contribution in [0.25, 0.3) is 10.9 Å². The third-order valence-corrected chi connectivity index (χ3v) is 4.23. The molecule has 0 saturated carbocycles. The zero-order chi connectivity index (χ0) is 13.6. The molecule has 4 heteroatoms. The quantitative estimate of drug-likeness (QED) is 0.853. The highest BCUT2D eigenvalue weighted by molar-refractivity contribution is 6.31. The normalized spacial score (nSPS) is 21.6. The molecule has 1 aromatic carbocycles. The van der Waals surface area contributed by atoms with E-state index in [-0.39, 0.29) is 5.97 Å². The van der Waals surface area contributed by atoms with Gasteiger partial charge in [-0.1, -0.05) is 11.6 Å². The zero-order valence-corrected chi connectivity index (χ0v) is 11.8. The van der Waals surface area contributed by atoms with Crippen molar-refractivity contribution in [2.45, 2.75) is 32.1 Å². The number of H-pyrrole nitrogens is 1. The Balaban J connectivity index is 2.20. The van der Waals surface area contributed by atoms with Crippen LogP contribution in [0.15, 0.2) is 18.2 Å². The number of carbonyl (C=O) groups excluding carboxylic acids is 1. The van der Waals surface area contributed by atoms with Crippen molar-refractivity contribution in [3.8, 4) is 0 Å². The number of aryl methyl sites for hydroxylation is 1. The van der Waals surface area contributed by atoms with Crippen LogP contribution < -0.4 is 0 Å². The van der Waals surface area contributed by atoms with E-state index in [2.05, 4.69) is 4.98 Å². The summed E-state index contributed by atoms with van der Waals surface area (Å²) < 4.78 is 5.25. The second kappa shape index (κ2) is 4.27. The van der Waals surface area contributed by atoms with Crippen molar-refractivity contribution in [2.75, 3.05) is 6.61 Å². The van der Waals surface area contributed by atoms with E-state index in [1.54, 1.807) is 0 Å². The molecule has 0 fully saturated rings. The van der Waals surface area contributed by atoms with E-state index in [4.69, 9.17) is 16.3 Å². The molecule has 0 bridgehead atoms. The molecule has 1 aliphatic rings. The van der Waals surface area contributed by atoms with Crippen molar-refractivity contribution >= 4 is 28.5 Å². The number of hydrogen-bond donors (Lipinski definition) is 1. The maximum Gasteiger partial charge on any atom is 0.316 e. The summed E-state index contributed by atoms with van der Waals surface area (Å²) in [4.78, 5) is 15.7. The number of nitrogens with one attached hydrogen (secondary N) is 1. The number of rotatable bonds is 2. The standard InChI is InChI=1S/C15H16ClNO2/c1-3-19-14(18)15(2)7-6-12-13(15)10-8-9(16)4-5-11(10)17-12/h4-5,8,17H,3,6-7H2,1-2H3/t15-/m0/s1. The molecule has 1 aromatic heterocycles. The van der Waals surface area contributed by atoms with Gasteiger partial charge in [0.25, 0.3) is 0 Å². The Hall–Kier alpha value is -1.48. The van der Waals surface area contributed by atoms with Crippen molar-refractivity contribution in [1.29, 1.82) is 0 Å². The Kier molecular flexibility index (Phi) is 2.82. The van der Waals surface area contributed by atoms with Crippen LogP contribution in [0, 0.1) is 0 Å². The van der Waals surface area contributed by atoms with Crippen molar-refractivity contribution in [3.63, 3.8) is 0 Å². The van der Waals surface area contributed by atoms with E-state index in [0.717, 1.165) is 35.0 Å². The minimum absolute atomic E-state index is 0.144. The third kappa shape index (κ3) is 1.76. The molecule has 19 heavy (non-hydrogen) atoms. The van der Waals surface area contributed by atoms with Crippen molar-refractivity contribution < 1.29 is 9.53 Å². The summed E-state index contributed by atoms with van der Waals surface area (Å²) in [7, 11) is 0. The SMILES string of the molecule is CCOC(=O)[C@@]1(C)CCc2[nH]c3ccc(Cl)cc3c21. The lowest BCUT2D eigenvalue weighted by Gasteiger charge is -2.22. The summed E-state index contributed by atoms with van der Waals surface area (Å²) in [5.41, 5.74) is 2.66. The molecule has 2 aromatic rings. The Bertz CT molecular complexity index is 661. The monoisotopic (exact) mass is 277 g/mol. The number of hydrogen-bond acceptors (Lipinski definition) is 2. The van der Waals surface area contributed by atoms with Crippen molar-refractivity contribution in [1.82, 2.24) is 4.98 Å². The Morgan fingerprint density at radius 3 is 3.05 bits per heavy atom. The van der Waals surface area contributed by atoms with Gasteiger partial charge >= 0.3 is 5.97 Å². The smallest absolute Gasteiger partial charge is 0.316 e. The lowest BCUT2D eigenvalue weighted by molar-refractivity contribution is -0.149. The van der Waals surface area contributed by atoms with Gasteiger partial charge in [0.2, 0.25) is 0 Å². The number of aromatic amines is 1. The lowest BCUT2D eigenvalue weighted by atomic mass is 9.83. The molecule has 0 radical (unpaired) electrons. The molecule has 100 valence electrons. The Morgan fingerprint density at radius 1 is 1.53 bits per heavy atom. The molecule has 0 unspecified atom stereocenters.